The molecule has 0 bridgehead atoms. The van der Waals surface area contributed by atoms with Gasteiger partial charge in [-0.15, -0.1) is 5.10 Å². The van der Waals surface area contributed by atoms with Crippen LogP contribution >= 0.6 is 23.2 Å². The Hall–Kier alpha value is -2.24. The minimum Gasteiger partial charge on any atom is -0.488 e. The lowest BCUT2D eigenvalue weighted by Crippen LogP contribution is -2.21. The highest BCUT2D eigenvalue weighted by Gasteiger charge is 2.03. The predicted octanol–water partition coefficient (Wildman–Crippen LogP) is 3.18. The fourth-order valence-corrected chi connectivity index (χ4v) is 1.99. The molecule has 2 aromatic rings. The Morgan fingerprint density at radius 1 is 1.09 bits per heavy atom. The molecule has 0 spiro atoms. The van der Waals surface area contributed by atoms with Gasteiger partial charge in [-0.05, 0) is 29.8 Å². The van der Waals surface area contributed by atoms with Crippen molar-refractivity contribution in [1.29, 1.82) is 0 Å². The summed E-state index contributed by atoms with van der Waals surface area (Å²) in [5.41, 5.74) is 12.1. The normalized spacial score (nSPS) is 10.6. The van der Waals surface area contributed by atoms with Crippen molar-refractivity contribution in [3.63, 3.8) is 0 Å². The Bertz CT molecular complexity index is 712. The summed E-state index contributed by atoms with van der Waals surface area (Å²) in [6.07, 6.45) is 1.52. The van der Waals surface area contributed by atoms with Crippen LogP contribution in [0.5, 0.6) is 5.75 Å². The van der Waals surface area contributed by atoms with Crippen LogP contribution in [0, 0.1) is 0 Å². The van der Waals surface area contributed by atoms with E-state index >= 15 is 0 Å². The average molecular weight is 337 g/mol. The zero-order chi connectivity index (χ0) is 15.9. The summed E-state index contributed by atoms with van der Waals surface area (Å²) < 4.78 is 5.77. The van der Waals surface area contributed by atoms with Gasteiger partial charge in [-0.3, -0.25) is 0 Å². The highest BCUT2D eigenvalue weighted by molar-refractivity contribution is 6.42. The van der Waals surface area contributed by atoms with Gasteiger partial charge in [-0.1, -0.05) is 41.4 Å². The Morgan fingerprint density at radius 3 is 2.59 bits per heavy atom. The van der Waals surface area contributed by atoms with E-state index in [1.807, 2.05) is 30.3 Å². The second-order valence-electron chi connectivity index (χ2n) is 4.34. The smallest absolute Gasteiger partial charge is 0.211 e. The standard InChI is InChI=1S/C15H14Cl2N4O/c16-12-6-5-10(7-13(12)17)9-22-14-4-2-1-3-11(14)8-20-21-15(18)19/h1-8H,9H2,(H4,18,19,21)/b20-8+. The van der Waals surface area contributed by atoms with E-state index in [0.29, 0.717) is 22.4 Å². The minimum absolute atomic E-state index is 0.106. The number of rotatable bonds is 5. The van der Waals surface area contributed by atoms with E-state index in [9.17, 15) is 0 Å². The van der Waals surface area contributed by atoms with E-state index in [0.717, 1.165) is 11.1 Å². The molecule has 0 aliphatic carbocycles. The summed E-state index contributed by atoms with van der Waals surface area (Å²) in [5, 5.41) is 8.33. The molecule has 0 heterocycles. The molecule has 5 nitrogen and oxygen atoms in total. The summed E-state index contributed by atoms with van der Waals surface area (Å²) in [6, 6.07) is 12.7. The van der Waals surface area contributed by atoms with Crippen molar-refractivity contribution < 1.29 is 4.74 Å². The minimum atomic E-state index is -0.106. The summed E-state index contributed by atoms with van der Waals surface area (Å²) in [5.74, 6) is 0.550. The van der Waals surface area contributed by atoms with E-state index < -0.39 is 0 Å². The zero-order valence-electron chi connectivity index (χ0n) is 11.5. The van der Waals surface area contributed by atoms with Gasteiger partial charge in [0.15, 0.2) is 0 Å². The first-order chi connectivity index (χ1) is 10.6. The van der Waals surface area contributed by atoms with E-state index in [1.165, 1.54) is 6.21 Å². The van der Waals surface area contributed by atoms with Crippen LogP contribution in [0.25, 0.3) is 0 Å². The fourth-order valence-electron chi connectivity index (χ4n) is 1.67. The molecule has 0 aliphatic heterocycles. The molecule has 0 radical (unpaired) electrons. The van der Waals surface area contributed by atoms with Crippen LogP contribution in [-0.2, 0) is 6.61 Å². The molecule has 4 N–H and O–H groups in total. The Labute approximate surface area is 138 Å². The molecule has 0 atom stereocenters. The van der Waals surface area contributed by atoms with Crippen LogP contribution < -0.4 is 16.2 Å². The van der Waals surface area contributed by atoms with Gasteiger partial charge in [0, 0.05) is 5.56 Å². The quantitative estimate of drug-likeness (QED) is 0.499. The summed E-state index contributed by atoms with van der Waals surface area (Å²) in [7, 11) is 0. The number of ether oxygens (including phenoxy) is 1. The third-order valence-electron chi connectivity index (χ3n) is 2.67. The Balaban J connectivity index is 2.11. The Kier molecular flexibility index (Phi) is 5.63. The van der Waals surface area contributed by atoms with Crippen LogP contribution in [0.3, 0.4) is 0 Å². The first kappa shape index (κ1) is 16.1. The maximum absolute atomic E-state index is 5.98. The van der Waals surface area contributed by atoms with Crippen LogP contribution in [-0.4, -0.2) is 12.2 Å². The fraction of sp³-hybridized carbons (Fsp3) is 0.0667. The molecule has 7 heteroatoms. The second kappa shape index (κ2) is 7.68. The summed E-state index contributed by atoms with van der Waals surface area (Å²) in [6.45, 7) is 0.351. The molecular weight excluding hydrogens is 323 g/mol. The molecule has 0 amide bonds. The maximum atomic E-state index is 5.98. The molecule has 22 heavy (non-hydrogen) atoms. The van der Waals surface area contributed by atoms with Gasteiger partial charge in [0.2, 0.25) is 5.96 Å². The molecule has 2 rings (SSSR count). The van der Waals surface area contributed by atoms with Crippen molar-refractivity contribution in [2.24, 2.45) is 21.7 Å². The van der Waals surface area contributed by atoms with Gasteiger partial charge in [-0.2, -0.15) is 5.10 Å². The van der Waals surface area contributed by atoms with Crippen LogP contribution in [0.4, 0.5) is 0 Å². The van der Waals surface area contributed by atoms with Gasteiger partial charge >= 0.3 is 0 Å². The Morgan fingerprint density at radius 2 is 1.86 bits per heavy atom. The van der Waals surface area contributed by atoms with Crippen LogP contribution in [0.15, 0.2) is 52.7 Å². The molecule has 0 saturated heterocycles. The third kappa shape index (κ3) is 4.65. The van der Waals surface area contributed by atoms with E-state index in [2.05, 4.69) is 10.2 Å². The van der Waals surface area contributed by atoms with E-state index in [-0.39, 0.29) is 5.96 Å². The van der Waals surface area contributed by atoms with Crippen LogP contribution in [0.1, 0.15) is 11.1 Å². The highest BCUT2D eigenvalue weighted by Crippen LogP contribution is 2.24. The first-order valence-corrected chi connectivity index (χ1v) is 7.09. The summed E-state index contributed by atoms with van der Waals surface area (Å²) >= 11 is 11.9. The zero-order valence-corrected chi connectivity index (χ0v) is 13.1. The number of hydrogen-bond acceptors (Lipinski definition) is 3. The molecular formula is C15H14Cl2N4O. The lowest BCUT2D eigenvalue weighted by molar-refractivity contribution is 0.306. The van der Waals surface area contributed by atoms with Crippen molar-refractivity contribution in [3.05, 3.63) is 63.6 Å². The van der Waals surface area contributed by atoms with Crippen molar-refractivity contribution >= 4 is 35.4 Å². The number of nitrogens with two attached hydrogens (primary N) is 2. The van der Waals surface area contributed by atoms with Gasteiger partial charge in [0.1, 0.15) is 12.4 Å². The highest BCUT2D eigenvalue weighted by atomic mass is 35.5. The van der Waals surface area contributed by atoms with E-state index in [4.69, 9.17) is 39.4 Å². The SMILES string of the molecule is NC(N)=N/N=C/c1ccccc1OCc1ccc(Cl)c(Cl)c1. The largest absolute Gasteiger partial charge is 0.488 e. The monoisotopic (exact) mass is 336 g/mol. The lowest BCUT2D eigenvalue weighted by Gasteiger charge is -2.09. The van der Waals surface area contributed by atoms with Gasteiger partial charge in [0.05, 0.1) is 16.3 Å². The number of hydrogen-bond donors (Lipinski definition) is 2. The number of para-hydroxylation sites is 1. The molecule has 2 aromatic carbocycles. The molecule has 0 fully saturated rings. The van der Waals surface area contributed by atoms with Crippen LogP contribution in [0.2, 0.25) is 10.0 Å². The molecule has 0 saturated carbocycles. The van der Waals surface area contributed by atoms with E-state index in [1.54, 1.807) is 12.1 Å². The molecule has 0 aromatic heterocycles. The molecule has 0 aliphatic rings. The third-order valence-corrected chi connectivity index (χ3v) is 3.41. The number of benzene rings is 2. The van der Waals surface area contributed by atoms with Gasteiger partial charge < -0.3 is 16.2 Å². The summed E-state index contributed by atoms with van der Waals surface area (Å²) in [4.78, 5) is 0. The van der Waals surface area contributed by atoms with Crippen molar-refractivity contribution in [2.45, 2.75) is 6.61 Å². The van der Waals surface area contributed by atoms with Gasteiger partial charge in [0.25, 0.3) is 0 Å². The second-order valence-corrected chi connectivity index (χ2v) is 5.16. The first-order valence-electron chi connectivity index (χ1n) is 6.34. The lowest BCUT2D eigenvalue weighted by atomic mass is 10.2. The van der Waals surface area contributed by atoms with Gasteiger partial charge in [-0.25, -0.2) is 0 Å². The number of nitrogens with zero attached hydrogens (tertiary/aromatic N) is 2. The number of halogens is 2. The van der Waals surface area contributed by atoms with Crippen molar-refractivity contribution in [2.75, 3.05) is 0 Å². The average Bonchev–Trinajstić information content (AvgIpc) is 2.49. The topological polar surface area (TPSA) is 86.0 Å². The molecule has 0 unspecified atom stereocenters. The number of guanidine groups is 1. The predicted molar refractivity (Wildman–Crippen MR) is 90.6 cm³/mol. The maximum Gasteiger partial charge on any atom is 0.211 e. The van der Waals surface area contributed by atoms with Crippen molar-refractivity contribution in [3.8, 4) is 5.75 Å². The molecule has 114 valence electrons. The van der Waals surface area contributed by atoms with Crippen molar-refractivity contribution in [1.82, 2.24) is 0 Å².